The van der Waals surface area contributed by atoms with Crippen LogP contribution >= 0.6 is 11.6 Å². The lowest BCUT2D eigenvalue weighted by molar-refractivity contribution is 0.440. The molecule has 152 valence electrons. The van der Waals surface area contributed by atoms with Crippen LogP contribution in [0, 0.1) is 16.7 Å². The Balaban J connectivity index is 1.80. The van der Waals surface area contributed by atoms with E-state index in [1.54, 1.807) is 30.8 Å². The molecule has 0 fully saturated rings. The van der Waals surface area contributed by atoms with E-state index in [-0.39, 0.29) is 17.5 Å². The summed E-state index contributed by atoms with van der Waals surface area (Å²) in [7, 11) is 0. The van der Waals surface area contributed by atoms with E-state index in [2.05, 4.69) is 5.10 Å². The van der Waals surface area contributed by atoms with Crippen LogP contribution in [0.5, 0.6) is 5.88 Å². The van der Waals surface area contributed by atoms with E-state index in [4.69, 9.17) is 22.4 Å². The maximum absolute atomic E-state index is 12.8. The van der Waals surface area contributed by atoms with Crippen LogP contribution in [-0.4, -0.2) is 35.4 Å². The van der Waals surface area contributed by atoms with Gasteiger partial charge in [-0.1, -0.05) is 23.7 Å². The molecule has 0 bridgehead atoms. The van der Waals surface area contributed by atoms with Gasteiger partial charge in [-0.2, -0.15) is 5.10 Å². The monoisotopic (exact) mass is 414 g/mol. The third-order valence-corrected chi connectivity index (χ3v) is 5.00. The number of aryl methyl sites for hydroxylation is 2. The molecule has 0 aliphatic heterocycles. The molecule has 0 aliphatic rings. The molecule has 3 N–H and O–H groups in total. The summed E-state index contributed by atoms with van der Waals surface area (Å²) in [5, 5.41) is 30.8. The molecule has 3 rings (SSSR count). The van der Waals surface area contributed by atoms with Crippen LogP contribution in [0.25, 0.3) is 5.69 Å². The molecular weight excluding hydrogens is 392 g/mol. The first-order chi connectivity index (χ1) is 13.8. The van der Waals surface area contributed by atoms with Crippen LogP contribution in [0.15, 0.2) is 47.7 Å². The van der Waals surface area contributed by atoms with Crippen LogP contribution in [0.4, 0.5) is 0 Å². The van der Waals surface area contributed by atoms with Gasteiger partial charge >= 0.3 is 5.69 Å². The van der Waals surface area contributed by atoms with Gasteiger partial charge in [0, 0.05) is 29.2 Å². The van der Waals surface area contributed by atoms with Gasteiger partial charge in [0.25, 0.3) is 0 Å². The average molecular weight is 415 g/mol. The number of halogens is 1. The number of aromatic hydroxyl groups is 1. The van der Waals surface area contributed by atoms with E-state index < -0.39 is 0 Å². The molecule has 2 heterocycles. The van der Waals surface area contributed by atoms with E-state index in [0.717, 1.165) is 5.56 Å². The molecule has 0 spiro atoms. The van der Waals surface area contributed by atoms with Crippen molar-refractivity contribution in [3.05, 3.63) is 63.9 Å². The SMILES string of the molecule is CC(=N)C(Cn1cc(-n2c(O)cn(CCc3cccc(Cl)c3)c2=O)cn1)C(C)=N. The van der Waals surface area contributed by atoms with Gasteiger partial charge in [0.1, 0.15) is 0 Å². The average Bonchev–Trinajstić information content (AvgIpc) is 3.21. The van der Waals surface area contributed by atoms with Crippen molar-refractivity contribution in [1.29, 1.82) is 10.8 Å². The normalized spacial score (nSPS) is 12.1. The van der Waals surface area contributed by atoms with Gasteiger partial charge in [-0.05, 0) is 38.0 Å². The Bertz CT molecular complexity index is 1100. The Morgan fingerprint density at radius 2 is 1.97 bits per heavy atom. The number of hydrogen-bond acceptors (Lipinski definition) is 5. The predicted octanol–water partition coefficient (Wildman–Crippen LogP) is 3.13. The Morgan fingerprint density at radius 3 is 2.62 bits per heavy atom. The largest absolute Gasteiger partial charge is 0.493 e. The van der Waals surface area contributed by atoms with Crippen molar-refractivity contribution >= 4 is 23.0 Å². The summed E-state index contributed by atoms with van der Waals surface area (Å²) in [6.45, 7) is 4.04. The predicted molar refractivity (Wildman–Crippen MR) is 113 cm³/mol. The quantitative estimate of drug-likeness (QED) is 0.492. The van der Waals surface area contributed by atoms with Crippen molar-refractivity contribution in [2.45, 2.75) is 33.4 Å². The second-order valence-corrected chi connectivity index (χ2v) is 7.45. The van der Waals surface area contributed by atoms with Gasteiger partial charge in [-0.3, -0.25) is 9.25 Å². The first kappa shape index (κ1) is 20.6. The van der Waals surface area contributed by atoms with Gasteiger partial charge in [0.15, 0.2) is 0 Å². The molecule has 0 aliphatic carbocycles. The second kappa shape index (κ2) is 8.48. The summed E-state index contributed by atoms with van der Waals surface area (Å²) in [5.41, 5.74) is 1.81. The van der Waals surface area contributed by atoms with E-state index in [1.807, 2.05) is 18.2 Å². The van der Waals surface area contributed by atoms with Crippen molar-refractivity contribution in [2.24, 2.45) is 5.92 Å². The Morgan fingerprint density at radius 1 is 1.24 bits per heavy atom. The Hall–Kier alpha value is -3.13. The smallest absolute Gasteiger partial charge is 0.335 e. The third-order valence-electron chi connectivity index (χ3n) is 4.76. The van der Waals surface area contributed by atoms with Crippen LogP contribution in [-0.2, 0) is 19.5 Å². The molecule has 8 nitrogen and oxygen atoms in total. The number of hydrogen-bond donors (Lipinski definition) is 3. The molecule has 0 saturated carbocycles. The van der Waals surface area contributed by atoms with Crippen LogP contribution in [0.3, 0.4) is 0 Å². The van der Waals surface area contributed by atoms with Crippen molar-refractivity contribution in [3.63, 3.8) is 0 Å². The first-order valence-electron chi connectivity index (χ1n) is 9.14. The minimum absolute atomic E-state index is 0.177. The zero-order valence-corrected chi connectivity index (χ0v) is 17.0. The fraction of sp³-hybridized carbons (Fsp3) is 0.300. The lowest BCUT2D eigenvalue weighted by Gasteiger charge is -2.14. The van der Waals surface area contributed by atoms with Gasteiger partial charge in [-0.25, -0.2) is 9.36 Å². The summed E-state index contributed by atoms with van der Waals surface area (Å²) in [4.78, 5) is 12.8. The Kier molecular flexibility index (Phi) is 6.03. The number of benzene rings is 1. The maximum Gasteiger partial charge on any atom is 0.335 e. The molecule has 9 heteroatoms. The molecule has 29 heavy (non-hydrogen) atoms. The molecule has 0 atom stereocenters. The minimum atomic E-state index is -0.368. The lowest BCUT2D eigenvalue weighted by Crippen LogP contribution is -2.25. The van der Waals surface area contributed by atoms with Crippen molar-refractivity contribution in [3.8, 4) is 11.6 Å². The van der Waals surface area contributed by atoms with Gasteiger partial charge in [-0.15, -0.1) is 0 Å². The summed E-state index contributed by atoms with van der Waals surface area (Å²) >= 11 is 6.00. The number of nitrogens with one attached hydrogen (secondary N) is 2. The summed E-state index contributed by atoms with van der Waals surface area (Å²) < 4.78 is 4.20. The first-order valence-corrected chi connectivity index (χ1v) is 9.52. The summed E-state index contributed by atoms with van der Waals surface area (Å²) in [6.07, 6.45) is 5.11. The molecule has 0 saturated heterocycles. The fourth-order valence-electron chi connectivity index (χ4n) is 3.18. The van der Waals surface area contributed by atoms with E-state index >= 15 is 0 Å². The van der Waals surface area contributed by atoms with Crippen LogP contribution in [0.1, 0.15) is 19.4 Å². The van der Waals surface area contributed by atoms with Crippen molar-refractivity contribution in [1.82, 2.24) is 18.9 Å². The third kappa shape index (κ3) is 4.65. The molecule has 1 aromatic carbocycles. The highest BCUT2D eigenvalue weighted by Gasteiger charge is 2.17. The van der Waals surface area contributed by atoms with E-state index in [0.29, 0.717) is 41.6 Å². The zero-order valence-electron chi connectivity index (χ0n) is 16.3. The number of rotatable bonds is 8. The fourth-order valence-corrected chi connectivity index (χ4v) is 3.39. The zero-order chi connectivity index (χ0) is 21.1. The van der Waals surface area contributed by atoms with E-state index in [1.165, 1.54) is 21.5 Å². The topological polar surface area (TPSA) is 113 Å². The highest BCUT2D eigenvalue weighted by molar-refractivity contribution is 6.30. The molecule has 0 radical (unpaired) electrons. The number of nitrogens with zero attached hydrogens (tertiary/aromatic N) is 4. The molecule has 2 aromatic heterocycles. The second-order valence-electron chi connectivity index (χ2n) is 7.02. The number of imidazole rings is 1. The molecular formula is C20H23ClN6O2. The van der Waals surface area contributed by atoms with Crippen LogP contribution in [0.2, 0.25) is 5.02 Å². The summed E-state index contributed by atoms with van der Waals surface area (Å²) in [5.74, 6) is -0.529. The van der Waals surface area contributed by atoms with E-state index in [9.17, 15) is 9.90 Å². The molecule has 0 unspecified atom stereocenters. The minimum Gasteiger partial charge on any atom is -0.493 e. The highest BCUT2D eigenvalue weighted by Crippen LogP contribution is 2.16. The lowest BCUT2D eigenvalue weighted by atomic mass is 10.00. The van der Waals surface area contributed by atoms with Gasteiger partial charge in [0.2, 0.25) is 5.88 Å². The summed E-state index contributed by atoms with van der Waals surface area (Å²) in [6, 6.07) is 7.43. The Labute approximate surface area is 173 Å². The standard InChI is InChI=1S/C20H23ClN6O2/c1-13(22)18(14(2)23)11-26-10-17(9-24-26)27-19(28)12-25(20(27)29)7-6-15-4-3-5-16(21)8-15/h3-5,8-10,12,18,22-23,28H,6-7,11H2,1-2H3. The van der Waals surface area contributed by atoms with Crippen molar-refractivity contribution in [2.75, 3.05) is 0 Å². The van der Waals surface area contributed by atoms with Crippen molar-refractivity contribution < 1.29 is 5.11 Å². The van der Waals surface area contributed by atoms with Gasteiger partial charge in [0.05, 0.1) is 30.5 Å². The maximum atomic E-state index is 12.8. The van der Waals surface area contributed by atoms with Gasteiger partial charge < -0.3 is 15.9 Å². The van der Waals surface area contributed by atoms with Crippen LogP contribution < -0.4 is 5.69 Å². The molecule has 0 amide bonds. The number of aromatic nitrogens is 4. The highest BCUT2D eigenvalue weighted by atomic mass is 35.5. The molecule has 3 aromatic rings.